The molecule has 120 valence electrons. The number of anilines is 1. The first-order chi connectivity index (χ1) is 11.1. The van der Waals surface area contributed by atoms with Gasteiger partial charge in [0.05, 0.1) is 5.36 Å². The van der Waals surface area contributed by atoms with Crippen LogP contribution in [0.4, 0.5) is 5.69 Å². The van der Waals surface area contributed by atoms with E-state index in [1.165, 1.54) is 0 Å². The maximum atomic E-state index is 5.75. The third-order valence-corrected chi connectivity index (χ3v) is 3.89. The minimum absolute atomic E-state index is 0.0883. The van der Waals surface area contributed by atoms with Crippen molar-refractivity contribution in [2.45, 2.75) is 13.1 Å². The van der Waals surface area contributed by atoms with Gasteiger partial charge in [-0.3, -0.25) is 4.99 Å². The average Bonchev–Trinajstić information content (AvgIpc) is 2.55. The third-order valence-electron chi connectivity index (χ3n) is 3.89. The van der Waals surface area contributed by atoms with Gasteiger partial charge in [0.1, 0.15) is 18.5 Å². The number of likely N-dealkylation sites (N-methyl/N-ethyl adjacent to an activating group) is 1. The Labute approximate surface area is 137 Å². The van der Waals surface area contributed by atoms with E-state index in [2.05, 4.69) is 47.2 Å². The highest BCUT2D eigenvalue weighted by molar-refractivity contribution is 5.61. The molecular formula is C19H23N3O. The number of nitrogens with zero attached hydrogens (tertiary/aromatic N) is 3. The second-order valence-electron chi connectivity index (χ2n) is 6.00. The van der Waals surface area contributed by atoms with Gasteiger partial charge in [-0.1, -0.05) is 18.2 Å². The third kappa shape index (κ3) is 3.71. The van der Waals surface area contributed by atoms with Gasteiger partial charge in [0.15, 0.2) is 0 Å². The molecule has 0 aromatic heterocycles. The van der Waals surface area contributed by atoms with Crippen LogP contribution in [0, 0.1) is 0 Å². The molecule has 1 aliphatic heterocycles. The van der Waals surface area contributed by atoms with Gasteiger partial charge >= 0.3 is 0 Å². The van der Waals surface area contributed by atoms with Gasteiger partial charge in [0.2, 0.25) is 0 Å². The van der Waals surface area contributed by atoms with E-state index in [9.17, 15) is 0 Å². The van der Waals surface area contributed by atoms with Gasteiger partial charge in [0.25, 0.3) is 0 Å². The Morgan fingerprint density at radius 3 is 2.57 bits per heavy atom. The highest BCUT2D eigenvalue weighted by atomic mass is 16.5. The quantitative estimate of drug-likeness (QED) is 0.844. The molecule has 1 atom stereocenters. The molecule has 0 bridgehead atoms. The Hall–Kier alpha value is -2.33. The molecule has 4 nitrogen and oxygen atoms in total. The zero-order valence-electron chi connectivity index (χ0n) is 13.9. The van der Waals surface area contributed by atoms with Gasteiger partial charge in [-0.25, -0.2) is 0 Å². The summed E-state index contributed by atoms with van der Waals surface area (Å²) in [6, 6.07) is 16.4. The molecule has 23 heavy (non-hydrogen) atoms. The van der Waals surface area contributed by atoms with E-state index in [0.717, 1.165) is 28.6 Å². The first kappa shape index (κ1) is 15.6. The Balaban J connectivity index is 1.76. The van der Waals surface area contributed by atoms with Crippen LogP contribution in [0.25, 0.3) is 6.20 Å². The van der Waals surface area contributed by atoms with Gasteiger partial charge in [-0.05, 0) is 51.4 Å². The number of benzene rings is 2. The summed E-state index contributed by atoms with van der Waals surface area (Å²) in [4.78, 5) is 9.05. The summed E-state index contributed by atoms with van der Waals surface area (Å²) in [7, 11) is 4.09. The molecular weight excluding hydrogens is 286 g/mol. The van der Waals surface area contributed by atoms with Crippen molar-refractivity contribution in [2.24, 2.45) is 4.99 Å². The lowest BCUT2D eigenvalue weighted by Gasteiger charge is -2.27. The van der Waals surface area contributed by atoms with Gasteiger partial charge in [0, 0.05) is 23.7 Å². The Morgan fingerprint density at radius 2 is 1.83 bits per heavy atom. The minimum atomic E-state index is 0.0883. The summed E-state index contributed by atoms with van der Waals surface area (Å²) in [5.74, 6) is 0.901. The molecule has 0 fully saturated rings. The summed E-state index contributed by atoms with van der Waals surface area (Å²) >= 11 is 0. The van der Waals surface area contributed by atoms with Gasteiger partial charge in [-0.2, -0.15) is 0 Å². The number of ether oxygens (including phenoxy) is 1. The largest absolute Gasteiger partial charge is 0.492 e. The number of hydrogen-bond acceptors (Lipinski definition) is 4. The summed E-state index contributed by atoms with van der Waals surface area (Å²) < 4.78 is 5.75. The molecule has 1 heterocycles. The van der Waals surface area contributed by atoms with Crippen molar-refractivity contribution in [1.82, 2.24) is 4.90 Å². The van der Waals surface area contributed by atoms with Gasteiger partial charge in [-0.15, -0.1) is 0 Å². The van der Waals surface area contributed by atoms with E-state index < -0.39 is 0 Å². The smallest absolute Gasteiger partial charge is 0.122 e. The fraction of sp³-hybridized carbons (Fsp3) is 0.316. The lowest BCUT2D eigenvalue weighted by atomic mass is 10.2. The predicted molar refractivity (Wildman–Crippen MR) is 94.1 cm³/mol. The molecule has 3 rings (SSSR count). The fourth-order valence-corrected chi connectivity index (χ4v) is 2.59. The van der Waals surface area contributed by atoms with Crippen molar-refractivity contribution in [3.8, 4) is 5.75 Å². The number of para-hydroxylation sites is 1. The molecule has 1 aliphatic rings. The molecule has 0 radical (unpaired) electrons. The number of hydrogen-bond donors (Lipinski definition) is 0. The zero-order valence-corrected chi connectivity index (χ0v) is 13.9. The van der Waals surface area contributed by atoms with Crippen molar-refractivity contribution in [3.63, 3.8) is 0 Å². The van der Waals surface area contributed by atoms with Crippen LogP contribution in [0.15, 0.2) is 53.5 Å². The van der Waals surface area contributed by atoms with Gasteiger partial charge < -0.3 is 14.5 Å². The predicted octanol–water partition coefficient (Wildman–Crippen LogP) is 1.85. The first-order valence-electron chi connectivity index (χ1n) is 7.94. The van der Waals surface area contributed by atoms with Crippen LogP contribution in [-0.2, 0) is 0 Å². The SMILES string of the molecule is CC1N=c2ccccc2=CN1c1ccc(OCCN(C)C)cc1. The van der Waals surface area contributed by atoms with Crippen LogP contribution >= 0.6 is 0 Å². The molecule has 4 heteroatoms. The van der Waals surface area contributed by atoms with Crippen LogP contribution in [0.3, 0.4) is 0 Å². The second kappa shape index (κ2) is 6.84. The summed E-state index contributed by atoms with van der Waals surface area (Å²) in [6.45, 7) is 3.71. The summed E-state index contributed by atoms with van der Waals surface area (Å²) in [5, 5.41) is 2.21. The average molecular weight is 309 g/mol. The summed E-state index contributed by atoms with van der Waals surface area (Å²) in [6.07, 6.45) is 2.25. The van der Waals surface area contributed by atoms with E-state index >= 15 is 0 Å². The number of fused-ring (bicyclic) bond motifs is 1. The molecule has 0 spiro atoms. The molecule has 0 saturated heterocycles. The van der Waals surface area contributed by atoms with Crippen LogP contribution < -0.4 is 20.2 Å². The monoisotopic (exact) mass is 309 g/mol. The minimum Gasteiger partial charge on any atom is -0.492 e. The Kier molecular flexibility index (Phi) is 4.63. The zero-order chi connectivity index (χ0) is 16.2. The van der Waals surface area contributed by atoms with Crippen molar-refractivity contribution in [1.29, 1.82) is 0 Å². The van der Waals surface area contributed by atoms with Crippen molar-refractivity contribution in [3.05, 3.63) is 59.1 Å². The van der Waals surface area contributed by atoms with E-state index in [1.807, 2.05) is 38.4 Å². The summed E-state index contributed by atoms with van der Waals surface area (Å²) in [5.41, 5.74) is 1.12. The van der Waals surface area contributed by atoms with Crippen LogP contribution in [0.5, 0.6) is 5.75 Å². The fourth-order valence-electron chi connectivity index (χ4n) is 2.59. The van der Waals surface area contributed by atoms with E-state index in [4.69, 9.17) is 9.73 Å². The van der Waals surface area contributed by atoms with Crippen LogP contribution in [0.2, 0.25) is 0 Å². The normalized spacial score (nSPS) is 16.5. The van der Waals surface area contributed by atoms with Crippen LogP contribution in [0.1, 0.15) is 6.92 Å². The Morgan fingerprint density at radius 1 is 1.09 bits per heavy atom. The molecule has 0 aliphatic carbocycles. The highest BCUT2D eigenvalue weighted by Gasteiger charge is 2.14. The lowest BCUT2D eigenvalue weighted by Crippen LogP contribution is -2.40. The molecule has 2 aromatic carbocycles. The molecule has 0 amide bonds. The molecule has 2 aromatic rings. The van der Waals surface area contributed by atoms with E-state index in [0.29, 0.717) is 6.61 Å². The van der Waals surface area contributed by atoms with Crippen molar-refractivity contribution >= 4 is 11.9 Å². The second-order valence-corrected chi connectivity index (χ2v) is 6.00. The molecule has 0 saturated carbocycles. The van der Waals surface area contributed by atoms with E-state index in [-0.39, 0.29) is 6.17 Å². The maximum absolute atomic E-state index is 5.75. The molecule has 1 unspecified atom stereocenters. The first-order valence-corrected chi connectivity index (χ1v) is 7.94. The standard InChI is InChI=1S/C19H23N3O/c1-15-20-19-7-5-4-6-16(19)14-22(15)17-8-10-18(11-9-17)23-13-12-21(2)3/h4-11,14-15H,12-13H2,1-3H3. The maximum Gasteiger partial charge on any atom is 0.122 e. The number of rotatable bonds is 5. The molecule has 0 N–H and O–H groups in total. The lowest BCUT2D eigenvalue weighted by molar-refractivity contribution is 0.261. The van der Waals surface area contributed by atoms with Crippen LogP contribution in [-0.4, -0.2) is 38.3 Å². The van der Waals surface area contributed by atoms with Crippen molar-refractivity contribution in [2.75, 3.05) is 32.1 Å². The topological polar surface area (TPSA) is 28.1 Å². The highest BCUT2D eigenvalue weighted by Crippen LogP contribution is 2.22. The van der Waals surface area contributed by atoms with Crippen molar-refractivity contribution < 1.29 is 4.74 Å². The Bertz CT molecular complexity index is 768. The van der Waals surface area contributed by atoms with E-state index in [1.54, 1.807) is 0 Å².